The van der Waals surface area contributed by atoms with E-state index in [1.54, 1.807) is 47.0 Å². The maximum absolute atomic E-state index is 12.4. The third kappa shape index (κ3) is 6.87. The van der Waals surface area contributed by atoms with Crippen molar-refractivity contribution < 1.29 is 9.59 Å². The molecule has 3 aromatic rings. The van der Waals surface area contributed by atoms with Crippen LogP contribution in [0.1, 0.15) is 12.7 Å². The van der Waals surface area contributed by atoms with E-state index in [2.05, 4.69) is 20.8 Å². The average molecular weight is 499 g/mol. The van der Waals surface area contributed by atoms with E-state index in [0.717, 1.165) is 0 Å². The Kier molecular flexibility index (Phi) is 8.20. The Morgan fingerprint density at radius 3 is 2.19 bits per heavy atom. The standard InChI is InChI=1S/C20H18Cl3N5O2S/c1-2-28-17(10-18(29)24-15-5-3-12(21)4-6-15)26-27-20(28)31-11-19(30)25-16-8-13(22)7-14(23)9-16/h3-9H,2,10-11H2,1H3,(H,24,29)(H,25,30). The first-order valence-electron chi connectivity index (χ1n) is 9.20. The summed E-state index contributed by atoms with van der Waals surface area (Å²) in [6, 6.07) is 11.6. The first kappa shape index (κ1) is 23.4. The van der Waals surface area contributed by atoms with Crippen LogP contribution in [0.15, 0.2) is 47.6 Å². The highest BCUT2D eigenvalue weighted by Gasteiger charge is 2.16. The molecule has 0 spiro atoms. The van der Waals surface area contributed by atoms with E-state index in [-0.39, 0.29) is 24.0 Å². The van der Waals surface area contributed by atoms with Gasteiger partial charge in [-0.1, -0.05) is 46.6 Å². The molecule has 0 radical (unpaired) electrons. The molecule has 0 atom stereocenters. The summed E-state index contributed by atoms with van der Waals surface area (Å²) in [5, 5.41) is 15.8. The van der Waals surface area contributed by atoms with Gasteiger partial charge < -0.3 is 15.2 Å². The summed E-state index contributed by atoms with van der Waals surface area (Å²) >= 11 is 19.0. The number of thioether (sulfide) groups is 1. The molecule has 3 rings (SSSR count). The molecule has 0 aliphatic carbocycles. The van der Waals surface area contributed by atoms with Crippen molar-refractivity contribution in [3.8, 4) is 0 Å². The van der Waals surface area contributed by atoms with Crippen LogP contribution in [-0.4, -0.2) is 32.3 Å². The van der Waals surface area contributed by atoms with Crippen molar-refractivity contribution in [3.05, 3.63) is 63.4 Å². The summed E-state index contributed by atoms with van der Waals surface area (Å²) in [4.78, 5) is 24.6. The molecular formula is C20H18Cl3N5O2S. The number of rotatable bonds is 8. The molecule has 162 valence electrons. The molecule has 0 bridgehead atoms. The number of carbonyl (C=O) groups is 2. The number of anilines is 2. The predicted molar refractivity (Wildman–Crippen MR) is 125 cm³/mol. The molecule has 0 aliphatic rings. The zero-order valence-corrected chi connectivity index (χ0v) is 19.4. The van der Waals surface area contributed by atoms with E-state index in [4.69, 9.17) is 34.8 Å². The molecule has 0 unspecified atom stereocenters. The molecule has 0 fully saturated rings. The van der Waals surface area contributed by atoms with Gasteiger partial charge >= 0.3 is 0 Å². The van der Waals surface area contributed by atoms with Gasteiger partial charge in [-0.25, -0.2) is 0 Å². The van der Waals surface area contributed by atoms with Gasteiger partial charge in [0.15, 0.2) is 5.16 Å². The number of nitrogens with zero attached hydrogens (tertiary/aromatic N) is 3. The number of benzene rings is 2. The fourth-order valence-corrected chi connectivity index (χ4v) is 4.18. The van der Waals surface area contributed by atoms with Gasteiger partial charge in [0, 0.05) is 33.0 Å². The zero-order chi connectivity index (χ0) is 22.4. The number of amides is 2. The van der Waals surface area contributed by atoms with Crippen molar-refractivity contribution in [3.63, 3.8) is 0 Å². The number of hydrogen-bond acceptors (Lipinski definition) is 5. The monoisotopic (exact) mass is 497 g/mol. The highest BCUT2D eigenvalue weighted by Crippen LogP contribution is 2.23. The number of carbonyl (C=O) groups excluding carboxylic acids is 2. The summed E-state index contributed by atoms with van der Waals surface area (Å²) in [6.07, 6.45) is 0.0528. The second-order valence-corrected chi connectivity index (χ2v) is 8.62. The highest BCUT2D eigenvalue weighted by molar-refractivity contribution is 7.99. The SMILES string of the molecule is CCn1c(CC(=O)Nc2ccc(Cl)cc2)nnc1SCC(=O)Nc1cc(Cl)cc(Cl)c1. The van der Waals surface area contributed by atoms with Gasteiger partial charge in [-0.2, -0.15) is 0 Å². The third-order valence-electron chi connectivity index (χ3n) is 4.04. The van der Waals surface area contributed by atoms with Crippen LogP contribution in [0.25, 0.3) is 0 Å². The first-order valence-corrected chi connectivity index (χ1v) is 11.3. The third-order valence-corrected chi connectivity index (χ3v) is 5.69. The minimum atomic E-state index is -0.240. The molecule has 7 nitrogen and oxygen atoms in total. The summed E-state index contributed by atoms with van der Waals surface area (Å²) in [6.45, 7) is 2.48. The summed E-state index contributed by atoms with van der Waals surface area (Å²) in [5.74, 6) is 0.158. The summed E-state index contributed by atoms with van der Waals surface area (Å²) in [7, 11) is 0. The fourth-order valence-electron chi connectivity index (χ4n) is 2.71. The Balaban J connectivity index is 1.58. The Bertz CT molecular complexity index is 1070. The van der Waals surface area contributed by atoms with Crippen molar-refractivity contribution in [2.45, 2.75) is 25.0 Å². The van der Waals surface area contributed by atoms with Crippen LogP contribution in [0.5, 0.6) is 0 Å². The molecule has 2 N–H and O–H groups in total. The minimum Gasteiger partial charge on any atom is -0.326 e. The smallest absolute Gasteiger partial charge is 0.234 e. The molecule has 11 heteroatoms. The second-order valence-electron chi connectivity index (χ2n) is 6.37. The fraction of sp³-hybridized carbons (Fsp3) is 0.200. The molecule has 1 aromatic heterocycles. The first-order chi connectivity index (χ1) is 14.8. The lowest BCUT2D eigenvalue weighted by atomic mass is 10.3. The van der Waals surface area contributed by atoms with E-state index in [0.29, 0.717) is 44.0 Å². The number of aromatic nitrogens is 3. The molecule has 2 aromatic carbocycles. The van der Waals surface area contributed by atoms with Crippen molar-refractivity contribution in [1.82, 2.24) is 14.8 Å². The van der Waals surface area contributed by atoms with Crippen LogP contribution in [0, 0.1) is 0 Å². The minimum absolute atomic E-state index is 0.0528. The second kappa shape index (κ2) is 10.9. The Labute approximate surface area is 198 Å². The van der Waals surface area contributed by atoms with Crippen molar-refractivity contribution >= 4 is 69.8 Å². The van der Waals surface area contributed by atoms with E-state index in [1.165, 1.54) is 11.8 Å². The van der Waals surface area contributed by atoms with Gasteiger partial charge in [-0.15, -0.1) is 10.2 Å². The quantitative estimate of drug-likeness (QED) is 0.418. The highest BCUT2D eigenvalue weighted by atomic mass is 35.5. The normalized spacial score (nSPS) is 10.7. The predicted octanol–water partition coefficient (Wildman–Crippen LogP) is 5.17. The van der Waals surface area contributed by atoms with Gasteiger partial charge in [0.05, 0.1) is 12.2 Å². The Morgan fingerprint density at radius 2 is 1.55 bits per heavy atom. The molecule has 0 saturated carbocycles. The topological polar surface area (TPSA) is 88.9 Å². The molecule has 0 saturated heterocycles. The van der Waals surface area contributed by atoms with Crippen LogP contribution in [0.2, 0.25) is 15.1 Å². The van der Waals surface area contributed by atoms with Gasteiger partial charge in [-0.3, -0.25) is 9.59 Å². The summed E-state index contributed by atoms with van der Waals surface area (Å²) < 4.78 is 1.80. The lowest BCUT2D eigenvalue weighted by Gasteiger charge is -2.09. The van der Waals surface area contributed by atoms with Crippen molar-refractivity contribution in [2.75, 3.05) is 16.4 Å². The number of halogens is 3. The molecule has 2 amide bonds. The lowest BCUT2D eigenvalue weighted by molar-refractivity contribution is -0.116. The van der Waals surface area contributed by atoms with Gasteiger partial charge in [0.1, 0.15) is 5.82 Å². The van der Waals surface area contributed by atoms with Crippen LogP contribution < -0.4 is 10.6 Å². The zero-order valence-electron chi connectivity index (χ0n) is 16.4. The molecule has 31 heavy (non-hydrogen) atoms. The number of hydrogen-bond donors (Lipinski definition) is 2. The van der Waals surface area contributed by atoms with E-state index in [9.17, 15) is 9.59 Å². The lowest BCUT2D eigenvalue weighted by Crippen LogP contribution is -2.18. The van der Waals surface area contributed by atoms with Crippen molar-refractivity contribution in [1.29, 1.82) is 0 Å². The maximum atomic E-state index is 12.4. The van der Waals surface area contributed by atoms with Crippen LogP contribution >= 0.6 is 46.6 Å². The molecular weight excluding hydrogens is 481 g/mol. The summed E-state index contributed by atoms with van der Waals surface area (Å²) in [5.41, 5.74) is 1.16. The van der Waals surface area contributed by atoms with E-state index < -0.39 is 0 Å². The number of nitrogens with one attached hydrogen (secondary N) is 2. The van der Waals surface area contributed by atoms with Crippen LogP contribution in [-0.2, 0) is 22.6 Å². The van der Waals surface area contributed by atoms with Gasteiger partial charge in [0.2, 0.25) is 11.8 Å². The molecule has 0 aliphatic heterocycles. The molecule has 1 heterocycles. The average Bonchev–Trinajstić information content (AvgIpc) is 3.08. The van der Waals surface area contributed by atoms with E-state index >= 15 is 0 Å². The van der Waals surface area contributed by atoms with Crippen LogP contribution in [0.4, 0.5) is 11.4 Å². The maximum Gasteiger partial charge on any atom is 0.234 e. The van der Waals surface area contributed by atoms with Gasteiger partial charge in [0.25, 0.3) is 0 Å². The van der Waals surface area contributed by atoms with Gasteiger partial charge in [-0.05, 0) is 49.4 Å². The van der Waals surface area contributed by atoms with E-state index in [1.807, 2.05) is 6.92 Å². The van der Waals surface area contributed by atoms with Crippen LogP contribution in [0.3, 0.4) is 0 Å². The Hall–Kier alpha value is -2.26. The Morgan fingerprint density at radius 1 is 0.903 bits per heavy atom. The largest absolute Gasteiger partial charge is 0.326 e. The van der Waals surface area contributed by atoms with Crippen molar-refractivity contribution in [2.24, 2.45) is 0 Å².